The van der Waals surface area contributed by atoms with Gasteiger partial charge in [0.05, 0.1) is 10.6 Å². The molecular weight excluding hydrogens is 522 g/mol. The fourth-order valence-corrected chi connectivity index (χ4v) is 5.23. The first-order valence-corrected chi connectivity index (χ1v) is 14.3. The zero-order chi connectivity index (χ0) is 29.1. The molecule has 40 heavy (non-hydrogen) atoms. The van der Waals surface area contributed by atoms with Crippen LogP contribution in [0.2, 0.25) is 0 Å². The summed E-state index contributed by atoms with van der Waals surface area (Å²) in [5, 5.41) is 5.71. The van der Waals surface area contributed by atoms with E-state index in [9.17, 15) is 18.0 Å². The molecule has 0 aromatic heterocycles. The molecule has 4 aromatic carbocycles. The molecule has 0 heterocycles. The monoisotopic (exact) mass is 555 g/mol. The molecule has 3 N–H and O–H groups in total. The normalized spacial score (nSPS) is 11.5. The second-order valence-corrected chi connectivity index (χ2v) is 12.4. The van der Waals surface area contributed by atoms with E-state index in [0.29, 0.717) is 33.8 Å². The minimum absolute atomic E-state index is 0.00910. The molecule has 0 saturated heterocycles. The average Bonchev–Trinajstić information content (AvgIpc) is 2.90. The predicted molar refractivity (Wildman–Crippen MR) is 161 cm³/mol. The van der Waals surface area contributed by atoms with E-state index in [4.69, 9.17) is 0 Å². The smallest absolute Gasteiger partial charge is 0.261 e. The van der Waals surface area contributed by atoms with Crippen molar-refractivity contribution >= 4 is 38.9 Å². The van der Waals surface area contributed by atoms with E-state index >= 15 is 0 Å². The van der Waals surface area contributed by atoms with Gasteiger partial charge in [0, 0.05) is 22.5 Å². The highest BCUT2D eigenvalue weighted by atomic mass is 32.2. The van der Waals surface area contributed by atoms with Crippen molar-refractivity contribution in [3.8, 4) is 0 Å². The molecular formula is C32H33N3O4S. The number of benzene rings is 4. The summed E-state index contributed by atoms with van der Waals surface area (Å²) in [6.45, 7) is 9.91. The van der Waals surface area contributed by atoms with Gasteiger partial charge in [0.2, 0.25) is 0 Å². The van der Waals surface area contributed by atoms with Gasteiger partial charge in [-0.25, -0.2) is 8.42 Å². The maximum absolute atomic E-state index is 13.2. The van der Waals surface area contributed by atoms with Crippen LogP contribution in [-0.2, 0) is 15.4 Å². The highest BCUT2D eigenvalue weighted by Crippen LogP contribution is 2.25. The van der Waals surface area contributed by atoms with E-state index in [0.717, 1.165) is 11.1 Å². The number of carbonyl (C=O) groups is 2. The van der Waals surface area contributed by atoms with Crippen LogP contribution < -0.4 is 15.4 Å². The van der Waals surface area contributed by atoms with Gasteiger partial charge in [-0.15, -0.1) is 0 Å². The van der Waals surface area contributed by atoms with E-state index in [1.165, 1.54) is 12.1 Å². The lowest BCUT2D eigenvalue weighted by Gasteiger charge is -2.19. The SMILES string of the molecule is Cc1ccc(S(=O)(=O)Nc2cccc(C(=O)Nc3cccc(NC(=O)c4ccc(C(C)(C)C)cc4)c3)c2C)cc1. The Morgan fingerprint density at radius 2 is 1.27 bits per heavy atom. The summed E-state index contributed by atoms with van der Waals surface area (Å²) in [6, 6.07) is 25.7. The van der Waals surface area contributed by atoms with Crippen LogP contribution in [0.3, 0.4) is 0 Å². The van der Waals surface area contributed by atoms with Gasteiger partial charge in [0.25, 0.3) is 21.8 Å². The van der Waals surface area contributed by atoms with Crippen LogP contribution in [0.1, 0.15) is 58.2 Å². The number of aryl methyl sites for hydroxylation is 1. The molecule has 0 spiro atoms. The van der Waals surface area contributed by atoms with Gasteiger partial charge in [-0.2, -0.15) is 0 Å². The molecule has 0 atom stereocenters. The van der Waals surface area contributed by atoms with Gasteiger partial charge in [0.1, 0.15) is 0 Å². The van der Waals surface area contributed by atoms with Gasteiger partial charge in [-0.05, 0) is 85.0 Å². The maximum Gasteiger partial charge on any atom is 0.261 e. The lowest BCUT2D eigenvalue weighted by Crippen LogP contribution is -2.17. The summed E-state index contributed by atoms with van der Waals surface area (Å²) in [7, 11) is -3.83. The van der Waals surface area contributed by atoms with Crippen LogP contribution in [0.15, 0.2) is 95.9 Å². The molecule has 0 aliphatic heterocycles. The van der Waals surface area contributed by atoms with Crippen LogP contribution in [-0.4, -0.2) is 20.2 Å². The van der Waals surface area contributed by atoms with Crippen molar-refractivity contribution in [3.63, 3.8) is 0 Å². The standard InChI is InChI=1S/C32H33N3O4S/c1-21-12-18-27(19-13-21)40(38,39)35-29-11-7-10-28(22(29)2)31(37)34-26-9-6-8-25(20-26)33-30(36)23-14-16-24(17-15-23)32(3,4)5/h6-20,35H,1-5H3,(H,33,36)(H,34,37). The van der Waals surface area contributed by atoms with Gasteiger partial charge in [0.15, 0.2) is 0 Å². The van der Waals surface area contributed by atoms with Gasteiger partial charge in [-0.3, -0.25) is 14.3 Å². The lowest BCUT2D eigenvalue weighted by molar-refractivity contribution is 0.101. The van der Waals surface area contributed by atoms with E-state index in [1.807, 2.05) is 19.1 Å². The number of nitrogens with one attached hydrogen (secondary N) is 3. The topological polar surface area (TPSA) is 104 Å². The van der Waals surface area contributed by atoms with E-state index < -0.39 is 15.9 Å². The molecule has 0 bridgehead atoms. The minimum atomic E-state index is -3.83. The van der Waals surface area contributed by atoms with Crippen molar-refractivity contribution in [2.75, 3.05) is 15.4 Å². The Balaban J connectivity index is 1.47. The number of rotatable bonds is 7. The summed E-state index contributed by atoms with van der Waals surface area (Å²) in [6.07, 6.45) is 0. The largest absolute Gasteiger partial charge is 0.322 e. The lowest BCUT2D eigenvalue weighted by atomic mass is 9.87. The Morgan fingerprint density at radius 1 is 0.700 bits per heavy atom. The van der Waals surface area contributed by atoms with E-state index in [2.05, 4.69) is 36.1 Å². The molecule has 4 rings (SSSR count). The number of hydrogen-bond donors (Lipinski definition) is 3. The highest BCUT2D eigenvalue weighted by Gasteiger charge is 2.19. The zero-order valence-corrected chi connectivity index (χ0v) is 24.0. The quantitative estimate of drug-likeness (QED) is 0.231. The number of hydrogen-bond acceptors (Lipinski definition) is 4. The Labute approximate surface area is 235 Å². The first-order chi connectivity index (χ1) is 18.8. The third-order valence-electron chi connectivity index (χ3n) is 6.55. The summed E-state index contributed by atoms with van der Waals surface area (Å²) >= 11 is 0. The molecule has 0 saturated carbocycles. The van der Waals surface area contributed by atoms with Crippen LogP contribution >= 0.6 is 0 Å². The van der Waals surface area contributed by atoms with Gasteiger partial charge in [-0.1, -0.05) is 62.7 Å². The Kier molecular flexibility index (Phi) is 8.11. The summed E-state index contributed by atoms with van der Waals surface area (Å²) < 4.78 is 28.3. The highest BCUT2D eigenvalue weighted by molar-refractivity contribution is 7.92. The first kappa shape index (κ1) is 28.6. The Hall–Kier alpha value is -4.43. The molecule has 2 amide bonds. The van der Waals surface area contributed by atoms with Crippen LogP contribution in [0.5, 0.6) is 0 Å². The Bertz CT molecular complexity index is 1650. The first-order valence-electron chi connectivity index (χ1n) is 12.9. The third-order valence-corrected chi connectivity index (χ3v) is 7.93. The second kappa shape index (κ2) is 11.4. The van der Waals surface area contributed by atoms with Crippen LogP contribution in [0.4, 0.5) is 17.1 Å². The second-order valence-electron chi connectivity index (χ2n) is 10.7. The molecule has 0 unspecified atom stereocenters. The molecule has 4 aromatic rings. The van der Waals surface area contributed by atoms with Gasteiger partial charge >= 0.3 is 0 Å². The van der Waals surface area contributed by atoms with Crippen LogP contribution in [0.25, 0.3) is 0 Å². The average molecular weight is 556 g/mol. The fraction of sp³-hybridized carbons (Fsp3) is 0.188. The molecule has 0 aliphatic carbocycles. The summed E-state index contributed by atoms with van der Waals surface area (Å²) in [4.78, 5) is 26.1. The number of amides is 2. The third kappa shape index (κ3) is 6.76. The van der Waals surface area contributed by atoms with Crippen molar-refractivity contribution in [1.82, 2.24) is 0 Å². The Morgan fingerprint density at radius 3 is 1.88 bits per heavy atom. The zero-order valence-electron chi connectivity index (χ0n) is 23.2. The molecule has 0 aliphatic rings. The number of anilines is 3. The van der Waals surface area contributed by atoms with E-state index in [-0.39, 0.29) is 16.2 Å². The molecule has 206 valence electrons. The van der Waals surface area contributed by atoms with Crippen molar-refractivity contribution in [2.24, 2.45) is 0 Å². The molecule has 7 nitrogen and oxygen atoms in total. The van der Waals surface area contributed by atoms with Crippen LogP contribution in [0, 0.1) is 13.8 Å². The molecule has 0 radical (unpaired) electrons. The molecule has 0 fully saturated rings. The van der Waals surface area contributed by atoms with Gasteiger partial charge < -0.3 is 10.6 Å². The van der Waals surface area contributed by atoms with E-state index in [1.54, 1.807) is 73.7 Å². The van der Waals surface area contributed by atoms with Crippen molar-refractivity contribution in [1.29, 1.82) is 0 Å². The maximum atomic E-state index is 13.2. The fourth-order valence-electron chi connectivity index (χ4n) is 4.11. The minimum Gasteiger partial charge on any atom is -0.322 e. The summed E-state index contributed by atoms with van der Waals surface area (Å²) in [5.74, 6) is -0.663. The van der Waals surface area contributed by atoms with Crippen molar-refractivity contribution in [2.45, 2.75) is 44.9 Å². The molecule has 8 heteroatoms. The van der Waals surface area contributed by atoms with Crippen molar-refractivity contribution < 1.29 is 18.0 Å². The van der Waals surface area contributed by atoms with Crippen molar-refractivity contribution in [3.05, 3.63) is 119 Å². The summed E-state index contributed by atoms with van der Waals surface area (Å²) in [5.41, 5.74) is 4.73. The predicted octanol–water partition coefficient (Wildman–Crippen LogP) is 6.91. The number of carbonyl (C=O) groups excluding carboxylic acids is 2. The number of sulfonamides is 1.